The van der Waals surface area contributed by atoms with Crippen LogP contribution in [0.15, 0.2) is 18.2 Å². The van der Waals surface area contributed by atoms with E-state index in [1.807, 2.05) is 39.0 Å². The Morgan fingerprint density at radius 3 is 2.62 bits per heavy atom. The van der Waals surface area contributed by atoms with Crippen LogP contribution in [-0.4, -0.2) is 25.2 Å². The maximum Gasteiger partial charge on any atom is 0.160 e. The minimum Gasteiger partial charge on any atom is -0.247 e. The Morgan fingerprint density at radius 2 is 2.00 bits per heavy atom. The van der Waals surface area contributed by atoms with Gasteiger partial charge in [0.15, 0.2) is 9.84 Å². The third-order valence-electron chi connectivity index (χ3n) is 4.92. The average Bonchev–Trinajstić information content (AvgIpc) is 2.50. The summed E-state index contributed by atoms with van der Waals surface area (Å²) >= 11 is 6.03. The van der Waals surface area contributed by atoms with Crippen molar-refractivity contribution in [1.29, 1.82) is 0 Å². The summed E-state index contributed by atoms with van der Waals surface area (Å²) in [6.45, 7) is 5.82. The summed E-state index contributed by atoms with van der Waals surface area (Å²) in [5.74, 6) is 0. The number of aryl methyl sites for hydroxylation is 1. The summed E-state index contributed by atoms with van der Waals surface area (Å²) in [6.07, 6.45) is 1.93. The van der Waals surface area contributed by atoms with Gasteiger partial charge in [0.1, 0.15) is 6.17 Å². The number of hydrogen-bond acceptors (Lipinski definition) is 2. The Bertz CT molecular complexity index is 657. The molecule has 0 saturated carbocycles. The molecule has 24 heavy (non-hydrogen) atoms. The largest absolute Gasteiger partial charge is 0.247 e. The van der Waals surface area contributed by atoms with E-state index in [1.165, 1.54) is 0 Å². The first kappa shape index (κ1) is 19.7. The molecule has 4 atom stereocenters. The molecule has 3 unspecified atom stereocenters. The molecule has 1 aliphatic carbocycles. The molecule has 136 valence electrons. The van der Waals surface area contributed by atoms with Gasteiger partial charge in [0.25, 0.3) is 0 Å². The van der Waals surface area contributed by atoms with Crippen molar-refractivity contribution < 1.29 is 12.8 Å². The number of alkyl halides is 2. The lowest BCUT2D eigenvalue weighted by molar-refractivity contribution is 0.295. The molecule has 0 spiro atoms. The highest BCUT2D eigenvalue weighted by molar-refractivity contribution is 7.92. The van der Waals surface area contributed by atoms with Gasteiger partial charge in [-0.3, -0.25) is 0 Å². The zero-order valence-electron chi connectivity index (χ0n) is 14.8. The van der Waals surface area contributed by atoms with Crippen molar-refractivity contribution in [1.82, 2.24) is 0 Å². The molecule has 0 saturated heterocycles. The molecule has 1 aromatic carbocycles. The van der Waals surface area contributed by atoms with Crippen LogP contribution in [-0.2, 0) is 16.3 Å². The molecule has 0 bridgehead atoms. The Kier molecular flexibility index (Phi) is 6.72. The number of rotatable bonds is 7. The number of halogens is 2. The summed E-state index contributed by atoms with van der Waals surface area (Å²) in [6, 6.07) is 5.74. The van der Waals surface area contributed by atoms with Crippen molar-refractivity contribution in [3.05, 3.63) is 34.9 Å². The van der Waals surface area contributed by atoms with Crippen LogP contribution in [0.2, 0.25) is 0 Å². The van der Waals surface area contributed by atoms with Crippen LogP contribution in [0, 0.1) is 6.92 Å². The van der Waals surface area contributed by atoms with Crippen LogP contribution in [0.25, 0.3) is 0 Å². The van der Waals surface area contributed by atoms with Crippen molar-refractivity contribution in [2.45, 2.75) is 81.3 Å². The minimum absolute atomic E-state index is 0.0469. The SMILES string of the molecule is CCCC(CCC(C)Cl)S(=O)(=O)C1C[C@H](F)Cc2ccc(C)cc21. The molecule has 1 aromatic rings. The van der Waals surface area contributed by atoms with Gasteiger partial charge in [0, 0.05) is 11.8 Å². The average molecular weight is 375 g/mol. The van der Waals surface area contributed by atoms with E-state index in [0.717, 1.165) is 23.1 Å². The highest BCUT2D eigenvalue weighted by atomic mass is 35.5. The second-order valence-electron chi connectivity index (χ2n) is 7.09. The van der Waals surface area contributed by atoms with Crippen molar-refractivity contribution in [2.24, 2.45) is 0 Å². The van der Waals surface area contributed by atoms with Gasteiger partial charge in [0.2, 0.25) is 0 Å². The number of benzene rings is 1. The third kappa shape index (κ3) is 4.51. The number of fused-ring (bicyclic) bond motifs is 1. The molecule has 0 heterocycles. The lowest BCUT2D eigenvalue weighted by Crippen LogP contribution is -2.32. The molecule has 1 aliphatic rings. The summed E-state index contributed by atoms with van der Waals surface area (Å²) in [5, 5.41) is -1.21. The van der Waals surface area contributed by atoms with Gasteiger partial charge in [-0.25, -0.2) is 12.8 Å². The second kappa shape index (κ2) is 8.18. The fraction of sp³-hybridized carbons (Fsp3) is 0.684. The number of hydrogen-bond donors (Lipinski definition) is 0. The Morgan fingerprint density at radius 1 is 1.29 bits per heavy atom. The molecule has 0 radical (unpaired) electrons. The van der Waals surface area contributed by atoms with Gasteiger partial charge in [-0.05, 0) is 50.7 Å². The summed E-state index contributed by atoms with van der Waals surface area (Å²) in [5.41, 5.74) is 2.67. The van der Waals surface area contributed by atoms with E-state index in [9.17, 15) is 12.8 Å². The summed E-state index contributed by atoms with van der Waals surface area (Å²) < 4.78 is 40.8. The molecule has 0 amide bonds. The van der Waals surface area contributed by atoms with Crippen LogP contribution < -0.4 is 0 Å². The highest BCUT2D eigenvalue weighted by Gasteiger charge is 2.39. The van der Waals surface area contributed by atoms with Crippen molar-refractivity contribution in [3.63, 3.8) is 0 Å². The summed E-state index contributed by atoms with van der Waals surface area (Å²) in [7, 11) is -3.44. The van der Waals surface area contributed by atoms with E-state index in [2.05, 4.69) is 0 Å². The Hall–Kier alpha value is -0.610. The van der Waals surface area contributed by atoms with Gasteiger partial charge in [-0.15, -0.1) is 11.6 Å². The van der Waals surface area contributed by atoms with Crippen LogP contribution in [0.1, 0.15) is 67.9 Å². The van der Waals surface area contributed by atoms with Gasteiger partial charge in [-0.1, -0.05) is 37.1 Å². The lowest BCUT2D eigenvalue weighted by Gasteiger charge is -2.31. The smallest absolute Gasteiger partial charge is 0.160 e. The van der Waals surface area contributed by atoms with E-state index < -0.39 is 26.5 Å². The fourth-order valence-corrected chi connectivity index (χ4v) is 6.30. The van der Waals surface area contributed by atoms with E-state index in [0.29, 0.717) is 25.7 Å². The molecule has 2 rings (SSSR count). The molecule has 0 fully saturated rings. The molecular weight excluding hydrogens is 347 g/mol. The first-order valence-corrected chi connectivity index (χ1v) is 10.9. The van der Waals surface area contributed by atoms with E-state index in [4.69, 9.17) is 11.6 Å². The topological polar surface area (TPSA) is 34.1 Å². The molecule has 0 N–H and O–H groups in total. The van der Waals surface area contributed by atoms with E-state index >= 15 is 0 Å². The first-order chi connectivity index (χ1) is 11.3. The van der Waals surface area contributed by atoms with Gasteiger partial charge < -0.3 is 0 Å². The Balaban J connectivity index is 2.38. The molecule has 0 aliphatic heterocycles. The van der Waals surface area contributed by atoms with Gasteiger partial charge in [-0.2, -0.15) is 0 Å². The molecular formula is C19H28ClFO2S. The van der Waals surface area contributed by atoms with Crippen LogP contribution in [0.5, 0.6) is 0 Å². The minimum atomic E-state index is -3.44. The molecule has 5 heteroatoms. The number of sulfone groups is 1. The monoisotopic (exact) mass is 374 g/mol. The van der Waals surface area contributed by atoms with Gasteiger partial charge in [0.05, 0.1) is 10.5 Å². The second-order valence-corrected chi connectivity index (χ2v) is 10.2. The lowest BCUT2D eigenvalue weighted by atomic mass is 9.89. The molecule has 0 aromatic heterocycles. The van der Waals surface area contributed by atoms with E-state index in [1.54, 1.807) is 0 Å². The normalized spacial score (nSPS) is 23.5. The van der Waals surface area contributed by atoms with Crippen LogP contribution in [0.3, 0.4) is 0 Å². The maximum atomic E-state index is 14.2. The third-order valence-corrected chi connectivity index (χ3v) is 7.78. The Labute approximate surface area is 150 Å². The van der Waals surface area contributed by atoms with Crippen molar-refractivity contribution in [3.8, 4) is 0 Å². The van der Waals surface area contributed by atoms with Crippen LogP contribution >= 0.6 is 11.6 Å². The standard InChI is InChI=1S/C19H28ClFO2S/c1-4-5-17(9-7-14(3)20)24(22,23)19-12-16(21)11-15-8-6-13(2)10-18(15)19/h6,8,10,14,16-17,19H,4-5,7,9,11-12H2,1-3H3/t14?,16-,17?,19?/m1/s1. The van der Waals surface area contributed by atoms with Crippen LogP contribution in [0.4, 0.5) is 4.39 Å². The fourth-order valence-electron chi connectivity index (χ4n) is 3.63. The molecule has 2 nitrogen and oxygen atoms in total. The zero-order chi connectivity index (χ0) is 17.9. The maximum absolute atomic E-state index is 14.2. The first-order valence-electron chi connectivity index (χ1n) is 8.86. The van der Waals surface area contributed by atoms with Crippen molar-refractivity contribution >= 4 is 21.4 Å². The predicted octanol–water partition coefficient (Wildman–Crippen LogP) is 5.31. The van der Waals surface area contributed by atoms with Gasteiger partial charge >= 0.3 is 0 Å². The summed E-state index contributed by atoms with van der Waals surface area (Å²) in [4.78, 5) is 0. The predicted molar refractivity (Wildman–Crippen MR) is 99.3 cm³/mol. The highest BCUT2D eigenvalue weighted by Crippen LogP contribution is 2.40. The van der Waals surface area contributed by atoms with E-state index in [-0.39, 0.29) is 11.8 Å². The van der Waals surface area contributed by atoms with Crippen molar-refractivity contribution in [2.75, 3.05) is 0 Å². The quantitative estimate of drug-likeness (QED) is 0.606. The zero-order valence-corrected chi connectivity index (χ0v) is 16.3.